The van der Waals surface area contributed by atoms with Crippen molar-refractivity contribution in [1.82, 2.24) is 0 Å². The Morgan fingerprint density at radius 1 is 0.762 bits per heavy atom. The minimum absolute atomic E-state index is 0.751. The first-order valence-electron chi connectivity index (χ1n) is 6.77. The second-order valence-electron chi connectivity index (χ2n) is 4.96. The van der Waals surface area contributed by atoms with Gasteiger partial charge in [0.2, 0.25) is 0 Å². The highest BCUT2D eigenvalue weighted by atomic mass is 32.1. The van der Waals surface area contributed by atoms with Crippen molar-refractivity contribution in [3.8, 4) is 17.2 Å². The third-order valence-electron chi connectivity index (χ3n) is 3.75. The Kier molecular flexibility index (Phi) is 2.73. The Labute approximate surface area is 127 Å². The molecule has 2 aromatic carbocycles. The van der Waals surface area contributed by atoms with E-state index in [1.54, 1.807) is 0 Å². The first kappa shape index (κ1) is 12.1. The van der Waals surface area contributed by atoms with Gasteiger partial charge in [-0.05, 0) is 46.0 Å². The van der Waals surface area contributed by atoms with Crippen LogP contribution in [0, 0.1) is 11.3 Å². The Bertz CT molecular complexity index is 862. The second kappa shape index (κ2) is 4.73. The highest BCUT2D eigenvalue weighted by Gasteiger charge is 2.22. The number of thiophene rings is 1. The van der Waals surface area contributed by atoms with Gasteiger partial charge < -0.3 is 0 Å². The summed E-state index contributed by atoms with van der Waals surface area (Å²) in [5.74, 6) is 0. The van der Waals surface area contributed by atoms with Crippen LogP contribution in [0.25, 0.3) is 22.8 Å². The number of fused-ring (bicyclic) bond motifs is 3. The summed E-state index contributed by atoms with van der Waals surface area (Å²) in [4.78, 5) is 1.87. The summed E-state index contributed by atoms with van der Waals surface area (Å²) in [7, 11) is 0. The van der Waals surface area contributed by atoms with Crippen molar-refractivity contribution in [1.29, 1.82) is 5.26 Å². The van der Waals surface area contributed by atoms with E-state index in [1.165, 1.54) is 39.2 Å². The van der Waals surface area contributed by atoms with E-state index in [2.05, 4.69) is 60.7 Å². The molecule has 3 aromatic rings. The normalized spacial score (nSPS) is 11.7. The molecule has 0 N–H and O–H groups in total. The third kappa shape index (κ3) is 1.91. The highest BCUT2D eigenvalue weighted by Crippen LogP contribution is 2.44. The molecule has 0 radical (unpaired) electrons. The molecule has 98 valence electrons. The van der Waals surface area contributed by atoms with Crippen molar-refractivity contribution in [2.45, 2.75) is 0 Å². The molecule has 1 heterocycles. The van der Waals surface area contributed by atoms with Crippen LogP contribution in [0.3, 0.4) is 0 Å². The van der Waals surface area contributed by atoms with E-state index >= 15 is 0 Å². The smallest absolute Gasteiger partial charge is 0.110 e. The minimum atomic E-state index is 0.751. The summed E-state index contributed by atoms with van der Waals surface area (Å²) in [6.45, 7) is 0. The molecular weight excluding hydrogens is 274 g/mol. The number of benzene rings is 2. The van der Waals surface area contributed by atoms with Gasteiger partial charge in [0.05, 0.1) is 0 Å². The lowest BCUT2D eigenvalue weighted by atomic mass is 10.0. The van der Waals surface area contributed by atoms with Crippen LogP contribution in [0.4, 0.5) is 0 Å². The van der Waals surface area contributed by atoms with Gasteiger partial charge in [0.15, 0.2) is 0 Å². The average molecular weight is 285 g/mol. The van der Waals surface area contributed by atoms with Gasteiger partial charge >= 0.3 is 0 Å². The number of hydrogen-bond donors (Lipinski definition) is 0. The summed E-state index contributed by atoms with van der Waals surface area (Å²) in [5, 5.41) is 8.97. The van der Waals surface area contributed by atoms with Crippen LogP contribution in [0.2, 0.25) is 0 Å². The second-order valence-corrected chi connectivity index (χ2v) is 6.08. The number of rotatable bonds is 1. The Morgan fingerprint density at radius 2 is 1.33 bits per heavy atom. The summed E-state index contributed by atoms with van der Waals surface area (Å²) in [5.41, 5.74) is 6.36. The molecule has 2 heteroatoms. The van der Waals surface area contributed by atoms with E-state index in [4.69, 9.17) is 5.26 Å². The molecule has 1 nitrogen and oxygen atoms in total. The fourth-order valence-corrected chi connectivity index (χ4v) is 3.59. The zero-order valence-electron chi connectivity index (χ0n) is 11.2. The van der Waals surface area contributed by atoms with Gasteiger partial charge in [-0.15, -0.1) is 11.3 Å². The van der Waals surface area contributed by atoms with Gasteiger partial charge in [-0.2, -0.15) is 5.26 Å². The summed E-state index contributed by atoms with van der Waals surface area (Å²) < 4.78 is 0. The fourth-order valence-electron chi connectivity index (χ4n) is 2.84. The van der Waals surface area contributed by atoms with Crippen molar-refractivity contribution >= 4 is 23.0 Å². The molecule has 0 unspecified atom stereocenters. The molecular formula is C19H11NS. The molecule has 4 rings (SSSR count). The Hall–Kier alpha value is -2.63. The topological polar surface area (TPSA) is 23.8 Å². The lowest BCUT2D eigenvalue weighted by molar-refractivity contribution is 1.52. The monoisotopic (exact) mass is 285 g/mol. The Balaban J connectivity index is 1.95. The fraction of sp³-hybridized carbons (Fsp3) is 0. The molecule has 0 saturated heterocycles. The maximum atomic E-state index is 8.97. The van der Waals surface area contributed by atoms with Crippen LogP contribution >= 0.6 is 11.3 Å². The predicted octanol–water partition coefficient (Wildman–Crippen LogP) is 5.19. The van der Waals surface area contributed by atoms with Crippen LogP contribution in [0.1, 0.15) is 20.9 Å². The highest BCUT2D eigenvalue weighted by molar-refractivity contribution is 7.13. The minimum Gasteiger partial charge on any atom is -0.192 e. The first-order valence-corrected chi connectivity index (χ1v) is 7.59. The first-order chi connectivity index (χ1) is 10.4. The van der Waals surface area contributed by atoms with E-state index < -0.39 is 0 Å². The zero-order chi connectivity index (χ0) is 14.2. The van der Waals surface area contributed by atoms with Crippen LogP contribution in [0.15, 0.2) is 60.7 Å². The van der Waals surface area contributed by atoms with E-state index in [9.17, 15) is 0 Å². The Morgan fingerprint density at radius 3 is 1.86 bits per heavy atom. The van der Waals surface area contributed by atoms with E-state index in [-0.39, 0.29) is 0 Å². The van der Waals surface area contributed by atoms with Crippen molar-refractivity contribution in [3.63, 3.8) is 0 Å². The standard InChI is InChI=1S/C19H11NS/c20-12-14-10-9-13(21-14)11-19-17-7-3-1-5-15(17)16-6-2-4-8-18(16)19/h1-11H. The maximum Gasteiger partial charge on any atom is 0.110 e. The molecule has 1 aliphatic rings. The van der Waals surface area contributed by atoms with E-state index in [0.29, 0.717) is 0 Å². The predicted molar refractivity (Wildman–Crippen MR) is 87.9 cm³/mol. The molecule has 0 bridgehead atoms. The van der Waals surface area contributed by atoms with Crippen molar-refractivity contribution in [2.75, 3.05) is 0 Å². The molecule has 0 spiro atoms. The van der Waals surface area contributed by atoms with Crippen molar-refractivity contribution in [3.05, 3.63) is 81.5 Å². The summed E-state index contributed by atoms with van der Waals surface area (Å²) in [6.07, 6.45) is 2.19. The van der Waals surface area contributed by atoms with Crippen LogP contribution in [0.5, 0.6) is 0 Å². The van der Waals surface area contributed by atoms with Gasteiger partial charge in [-0.25, -0.2) is 0 Å². The van der Waals surface area contributed by atoms with Gasteiger partial charge in [-0.1, -0.05) is 48.5 Å². The lowest BCUT2D eigenvalue weighted by Crippen LogP contribution is -1.79. The van der Waals surface area contributed by atoms with Gasteiger partial charge in [-0.3, -0.25) is 0 Å². The van der Waals surface area contributed by atoms with Gasteiger partial charge in [0, 0.05) is 4.88 Å². The van der Waals surface area contributed by atoms with Crippen molar-refractivity contribution in [2.24, 2.45) is 0 Å². The summed E-state index contributed by atoms with van der Waals surface area (Å²) in [6, 6.07) is 23.1. The average Bonchev–Trinajstić information content (AvgIpc) is 3.12. The third-order valence-corrected chi connectivity index (χ3v) is 4.69. The molecule has 0 saturated carbocycles. The summed E-state index contributed by atoms with van der Waals surface area (Å²) >= 11 is 1.53. The SMILES string of the molecule is N#Cc1ccc(C=C2c3ccccc3-c3ccccc32)s1. The van der Waals surface area contributed by atoms with Crippen LogP contribution in [-0.2, 0) is 0 Å². The van der Waals surface area contributed by atoms with E-state index in [1.807, 2.05) is 12.1 Å². The molecule has 21 heavy (non-hydrogen) atoms. The van der Waals surface area contributed by atoms with Gasteiger partial charge in [0.1, 0.15) is 10.9 Å². The molecule has 0 fully saturated rings. The lowest BCUT2D eigenvalue weighted by Gasteiger charge is -2.01. The molecule has 1 aromatic heterocycles. The number of nitrogens with zero attached hydrogens (tertiary/aromatic N) is 1. The van der Waals surface area contributed by atoms with Gasteiger partial charge in [0.25, 0.3) is 0 Å². The number of hydrogen-bond acceptors (Lipinski definition) is 2. The van der Waals surface area contributed by atoms with Crippen molar-refractivity contribution < 1.29 is 0 Å². The molecule has 0 amide bonds. The van der Waals surface area contributed by atoms with Crippen LogP contribution in [-0.4, -0.2) is 0 Å². The largest absolute Gasteiger partial charge is 0.192 e. The van der Waals surface area contributed by atoms with Crippen LogP contribution < -0.4 is 0 Å². The maximum absolute atomic E-state index is 8.97. The molecule has 0 aliphatic heterocycles. The zero-order valence-corrected chi connectivity index (χ0v) is 12.0. The number of nitriles is 1. The van der Waals surface area contributed by atoms with E-state index in [0.717, 1.165) is 9.75 Å². The quantitative estimate of drug-likeness (QED) is 0.472. The molecule has 1 aliphatic carbocycles. The molecule has 0 atom stereocenters.